The summed E-state index contributed by atoms with van der Waals surface area (Å²) >= 11 is 0. The number of esters is 1. The number of aromatic nitrogens is 1. The zero-order valence-electron chi connectivity index (χ0n) is 12.9. The quantitative estimate of drug-likeness (QED) is 0.831. The number of ether oxygens (including phenoxy) is 2. The van der Waals surface area contributed by atoms with Gasteiger partial charge in [0.05, 0.1) is 14.2 Å². The van der Waals surface area contributed by atoms with Gasteiger partial charge in [0.1, 0.15) is 6.04 Å². The van der Waals surface area contributed by atoms with Crippen molar-refractivity contribution in [1.82, 2.24) is 4.98 Å². The molecule has 1 aromatic heterocycles. The van der Waals surface area contributed by atoms with Gasteiger partial charge in [0, 0.05) is 12.3 Å². The van der Waals surface area contributed by atoms with Crippen LogP contribution in [0.25, 0.3) is 11.1 Å². The van der Waals surface area contributed by atoms with E-state index >= 15 is 0 Å². The molecule has 0 aliphatic rings. The Morgan fingerprint density at radius 1 is 1.13 bits per heavy atom. The van der Waals surface area contributed by atoms with E-state index in [1.54, 1.807) is 13.3 Å². The Balaban J connectivity index is 0.00000242. The van der Waals surface area contributed by atoms with E-state index in [1.807, 2.05) is 36.4 Å². The molecule has 5 nitrogen and oxygen atoms in total. The molecule has 0 amide bonds. The van der Waals surface area contributed by atoms with Crippen LogP contribution in [0.2, 0.25) is 0 Å². The number of nitrogens with two attached hydrogens (primary N) is 1. The van der Waals surface area contributed by atoms with Gasteiger partial charge in [-0.25, -0.2) is 4.98 Å². The lowest BCUT2D eigenvalue weighted by molar-refractivity contribution is -0.142. The van der Waals surface area contributed by atoms with Crippen LogP contribution in [0.3, 0.4) is 0 Å². The molecule has 0 aliphatic heterocycles. The maximum Gasteiger partial charge on any atom is 0.322 e. The first-order valence-electron chi connectivity index (χ1n) is 6.57. The van der Waals surface area contributed by atoms with E-state index in [0.717, 1.165) is 16.7 Å². The molecule has 0 unspecified atom stereocenters. The average Bonchev–Trinajstić information content (AvgIpc) is 2.54. The summed E-state index contributed by atoms with van der Waals surface area (Å²) in [6.45, 7) is 0. The van der Waals surface area contributed by atoms with E-state index in [2.05, 4.69) is 9.72 Å². The normalized spacial score (nSPS) is 10.7. The van der Waals surface area contributed by atoms with Crippen molar-refractivity contribution in [1.29, 1.82) is 0 Å². The molecule has 0 saturated carbocycles. The third-order valence-corrected chi connectivity index (χ3v) is 3.19. The summed E-state index contributed by atoms with van der Waals surface area (Å²) in [5.41, 5.74) is 8.80. The molecule has 0 spiro atoms. The van der Waals surface area contributed by atoms with Gasteiger partial charge in [0.2, 0.25) is 5.88 Å². The van der Waals surface area contributed by atoms with Gasteiger partial charge < -0.3 is 15.2 Å². The Bertz CT molecular complexity index is 621. The van der Waals surface area contributed by atoms with Gasteiger partial charge in [0.25, 0.3) is 0 Å². The van der Waals surface area contributed by atoms with E-state index in [0.29, 0.717) is 12.3 Å². The molecule has 1 aromatic carbocycles. The minimum absolute atomic E-state index is 0. The smallest absolute Gasteiger partial charge is 0.322 e. The van der Waals surface area contributed by atoms with Crippen LogP contribution in [0.4, 0.5) is 0 Å². The number of nitrogens with zero attached hydrogens (tertiary/aromatic N) is 1. The topological polar surface area (TPSA) is 74.4 Å². The Labute approximate surface area is 148 Å². The summed E-state index contributed by atoms with van der Waals surface area (Å²) in [6, 6.07) is 11.0. The first-order chi connectivity index (χ1) is 10.1. The van der Waals surface area contributed by atoms with Crippen molar-refractivity contribution < 1.29 is 14.3 Å². The summed E-state index contributed by atoms with van der Waals surface area (Å²) in [6.07, 6.45) is 2.15. The number of hydrogen-bond acceptors (Lipinski definition) is 5. The van der Waals surface area contributed by atoms with Crippen molar-refractivity contribution in [3.8, 4) is 17.0 Å². The van der Waals surface area contributed by atoms with Gasteiger partial charge in [-0.3, -0.25) is 4.79 Å². The highest BCUT2D eigenvalue weighted by Crippen LogP contribution is 2.22. The van der Waals surface area contributed by atoms with Gasteiger partial charge in [-0.2, -0.15) is 0 Å². The van der Waals surface area contributed by atoms with Crippen molar-refractivity contribution in [3.63, 3.8) is 0 Å². The summed E-state index contributed by atoms with van der Waals surface area (Å²) in [5.74, 6) is 0.169. The van der Waals surface area contributed by atoms with Gasteiger partial charge in [-0.1, -0.05) is 24.3 Å². The predicted octanol–water partition coefficient (Wildman–Crippen LogP) is 2.64. The van der Waals surface area contributed by atoms with Crippen molar-refractivity contribution in [3.05, 3.63) is 48.2 Å². The summed E-state index contributed by atoms with van der Waals surface area (Å²) in [7, 11) is 2.92. The predicted molar refractivity (Wildman–Crippen MR) is 94.4 cm³/mol. The molecule has 126 valence electrons. The second kappa shape index (κ2) is 10.0. The molecule has 0 fully saturated rings. The first-order valence-corrected chi connectivity index (χ1v) is 6.57. The number of hydrogen-bond donors (Lipinski definition) is 1. The maximum absolute atomic E-state index is 11.3. The van der Waals surface area contributed by atoms with Crippen LogP contribution < -0.4 is 10.5 Å². The number of carbonyl (C=O) groups excluding carboxylic acids is 1. The van der Waals surface area contributed by atoms with Crippen molar-refractivity contribution in [2.24, 2.45) is 5.73 Å². The number of benzene rings is 1. The minimum atomic E-state index is -0.637. The maximum atomic E-state index is 11.3. The van der Waals surface area contributed by atoms with E-state index < -0.39 is 12.0 Å². The molecular formula is C16H20Cl2N2O3. The lowest BCUT2D eigenvalue weighted by Crippen LogP contribution is -2.33. The average molecular weight is 359 g/mol. The molecule has 2 rings (SSSR count). The number of carbonyl (C=O) groups is 1. The van der Waals surface area contributed by atoms with E-state index in [9.17, 15) is 4.79 Å². The van der Waals surface area contributed by atoms with Crippen molar-refractivity contribution in [2.75, 3.05) is 14.2 Å². The molecule has 0 radical (unpaired) electrons. The van der Waals surface area contributed by atoms with Crippen LogP contribution in [-0.4, -0.2) is 31.2 Å². The Morgan fingerprint density at radius 2 is 1.78 bits per heavy atom. The highest BCUT2D eigenvalue weighted by Gasteiger charge is 2.14. The highest BCUT2D eigenvalue weighted by atomic mass is 35.5. The zero-order valence-corrected chi connectivity index (χ0v) is 14.5. The van der Waals surface area contributed by atoms with Crippen LogP contribution in [-0.2, 0) is 16.0 Å². The molecule has 23 heavy (non-hydrogen) atoms. The molecule has 2 N–H and O–H groups in total. The first kappa shape index (κ1) is 21.2. The number of rotatable bonds is 5. The van der Waals surface area contributed by atoms with Crippen LogP contribution in [0, 0.1) is 0 Å². The standard InChI is InChI=1S/C16H18N2O3.2ClH/c1-20-15-10-13(7-8-18-15)12-5-3-11(4-6-12)9-14(17)16(19)21-2;;/h3-8,10,14H,9,17H2,1-2H3;2*1H/t14-;;/m0../s1. The largest absolute Gasteiger partial charge is 0.481 e. The van der Waals surface area contributed by atoms with Crippen LogP contribution in [0.5, 0.6) is 5.88 Å². The summed E-state index contributed by atoms with van der Waals surface area (Å²) < 4.78 is 9.73. The van der Waals surface area contributed by atoms with Crippen LogP contribution in [0.15, 0.2) is 42.6 Å². The van der Waals surface area contributed by atoms with Crippen LogP contribution >= 0.6 is 24.8 Å². The monoisotopic (exact) mass is 358 g/mol. The lowest BCUT2D eigenvalue weighted by Gasteiger charge is -2.10. The molecule has 0 aliphatic carbocycles. The minimum Gasteiger partial charge on any atom is -0.481 e. The SMILES string of the molecule is COC(=O)[C@@H](N)Cc1ccc(-c2ccnc(OC)c2)cc1.Cl.Cl. The second-order valence-electron chi connectivity index (χ2n) is 4.62. The summed E-state index contributed by atoms with van der Waals surface area (Å²) in [5, 5.41) is 0. The number of halogens is 2. The third kappa shape index (κ3) is 5.71. The Kier molecular flexibility index (Phi) is 9.25. The van der Waals surface area contributed by atoms with Crippen molar-refractivity contribution in [2.45, 2.75) is 12.5 Å². The fourth-order valence-electron chi connectivity index (χ4n) is 2.02. The molecule has 0 bridgehead atoms. The molecule has 2 aromatic rings. The molecular weight excluding hydrogens is 339 g/mol. The van der Waals surface area contributed by atoms with Gasteiger partial charge in [0.15, 0.2) is 0 Å². The van der Waals surface area contributed by atoms with Crippen molar-refractivity contribution >= 4 is 30.8 Å². The number of methoxy groups -OCH3 is 2. The fraction of sp³-hybridized carbons (Fsp3) is 0.250. The number of pyridine rings is 1. The van der Waals surface area contributed by atoms with Gasteiger partial charge >= 0.3 is 5.97 Å². The van der Waals surface area contributed by atoms with Gasteiger partial charge in [-0.15, -0.1) is 24.8 Å². The zero-order chi connectivity index (χ0) is 15.2. The fourth-order valence-corrected chi connectivity index (χ4v) is 2.02. The van der Waals surface area contributed by atoms with Crippen LogP contribution in [0.1, 0.15) is 5.56 Å². The second-order valence-corrected chi connectivity index (χ2v) is 4.62. The lowest BCUT2D eigenvalue weighted by atomic mass is 10.0. The third-order valence-electron chi connectivity index (χ3n) is 3.19. The van der Waals surface area contributed by atoms with E-state index in [-0.39, 0.29) is 24.8 Å². The summed E-state index contributed by atoms with van der Waals surface area (Å²) in [4.78, 5) is 15.4. The van der Waals surface area contributed by atoms with E-state index in [1.165, 1.54) is 7.11 Å². The Morgan fingerprint density at radius 3 is 2.35 bits per heavy atom. The molecule has 1 heterocycles. The van der Waals surface area contributed by atoms with E-state index in [4.69, 9.17) is 10.5 Å². The molecule has 0 saturated heterocycles. The molecule has 1 atom stereocenters. The van der Waals surface area contributed by atoms with Gasteiger partial charge in [-0.05, 0) is 29.2 Å². The Hall–Kier alpha value is -1.82. The highest BCUT2D eigenvalue weighted by molar-refractivity contribution is 5.85. The molecule has 7 heteroatoms.